The summed E-state index contributed by atoms with van der Waals surface area (Å²) in [6, 6.07) is 60.9. The number of benzene rings is 7. The van der Waals surface area contributed by atoms with Gasteiger partial charge in [-0.25, -0.2) is 15.0 Å². The lowest BCUT2D eigenvalue weighted by atomic mass is 9.98. The molecule has 0 aliphatic heterocycles. The van der Waals surface area contributed by atoms with Crippen molar-refractivity contribution in [3.63, 3.8) is 0 Å². The van der Waals surface area contributed by atoms with Gasteiger partial charge in [-0.3, -0.25) is 13.7 Å². The minimum Gasteiger partial charge on any atom is -0.292 e. The van der Waals surface area contributed by atoms with Gasteiger partial charge in [-0.1, -0.05) is 91.0 Å². The van der Waals surface area contributed by atoms with E-state index in [9.17, 15) is 0 Å². The highest BCUT2D eigenvalue weighted by Gasteiger charge is 2.29. The first-order valence-electron chi connectivity index (χ1n) is 17.2. The van der Waals surface area contributed by atoms with Gasteiger partial charge < -0.3 is 0 Å². The zero-order chi connectivity index (χ0) is 34.6. The molecule has 0 fully saturated rings. The highest BCUT2D eigenvalue weighted by molar-refractivity contribution is 14.1. The van der Waals surface area contributed by atoms with E-state index in [4.69, 9.17) is 15.0 Å². The van der Waals surface area contributed by atoms with Crippen LogP contribution in [-0.2, 0) is 0 Å². The molecule has 0 spiro atoms. The molecule has 0 amide bonds. The summed E-state index contributed by atoms with van der Waals surface area (Å²) in [5.41, 5.74) is 11.8. The van der Waals surface area contributed by atoms with E-state index in [0.29, 0.717) is 0 Å². The molecule has 7 heteroatoms. The van der Waals surface area contributed by atoms with Gasteiger partial charge in [-0.05, 0) is 108 Å². The molecule has 0 aliphatic carbocycles. The molecule has 0 N–H and O–H groups in total. The van der Waals surface area contributed by atoms with Crippen LogP contribution < -0.4 is 0 Å². The average molecular weight is 781 g/mol. The van der Waals surface area contributed by atoms with E-state index in [-0.39, 0.29) is 0 Å². The average Bonchev–Trinajstić information content (AvgIpc) is 3.90. The fourth-order valence-corrected chi connectivity index (χ4v) is 8.01. The Kier molecular flexibility index (Phi) is 7.31. The number of fused-ring (bicyclic) bond motifs is 3. The van der Waals surface area contributed by atoms with Gasteiger partial charge >= 0.3 is 0 Å². The minimum absolute atomic E-state index is 0.814. The van der Waals surface area contributed by atoms with E-state index in [2.05, 4.69) is 188 Å². The van der Waals surface area contributed by atoms with E-state index in [0.717, 1.165) is 87.9 Å². The van der Waals surface area contributed by atoms with E-state index < -0.39 is 0 Å². The molecule has 0 atom stereocenters. The summed E-state index contributed by atoms with van der Waals surface area (Å²) in [7, 11) is 0. The van der Waals surface area contributed by atoms with Crippen LogP contribution in [0.1, 0.15) is 0 Å². The van der Waals surface area contributed by atoms with Crippen LogP contribution >= 0.6 is 22.6 Å². The minimum atomic E-state index is 0.814. The highest BCUT2D eigenvalue weighted by Crippen LogP contribution is 2.46. The SMILES string of the molecule is Ic1ccc(-c2nc3ccccc3n2-c2ccccc2)c(-c2nc3ccccc3n2-c2ccccc2)c1-c1nc2ccccc2n1-c1ccccc1. The molecule has 0 radical (unpaired) electrons. The van der Waals surface area contributed by atoms with E-state index in [1.165, 1.54) is 0 Å². The van der Waals surface area contributed by atoms with Crippen molar-refractivity contribution in [1.29, 1.82) is 0 Å². The van der Waals surface area contributed by atoms with Crippen molar-refractivity contribution in [2.24, 2.45) is 0 Å². The lowest BCUT2D eigenvalue weighted by Crippen LogP contribution is -2.06. The number of imidazole rings is 3. The maximum Gasteiger partial charge on any atom is 0.147 e. The second kappa shape index (κ2) is 12.5. The van der Waals surface area contributed by atoms with Crippen molar-refractivity contribution in [2.75, 3.05) is 0 Å². The predicted octanol–water partition coefficient (Wildman–Crippen LogP) is 11.3. The third-order valence-corrected chi connectivity index (χ3v) is 10.5. The first-order chi connectivity index (χ1) is 25.7. The Bertz CT molecular complexity index is 2910. The standard InChI is InChI=1S/C45H29IN6/c46-34-29-28-33(43-47-35-22-10-13-25-38(35)50(43)30-16-4-1-5-17-30)41(44-48-36-23-11-14-26-39(36)51(44)31-18-6-2-7-19-31)42(34)45-49-37-24-12-15-27-40(37)52(45)32-20-8-3-9-21-32/h1-29H. The smallest absolute Gasteiger partial charge is 0.147 e. The Morgan fingerprint density at radius 3 is 1.12 bits per heavy atom. The van der Waals surface area contributed by atoms with Crippen molar-refractivity contribution in [2.45, 2.75) is 0 Å². The molecule has 52 heavy (non-hydrogen) atoms. The number of nitrogens with zero attached hydrogens (tertiary/aromatic N) is 6. The third-order valence-electron chi connectivity index (χ3n) is 9.57. The van der Waals surface area contributed by atoms with Crippen LogP contribution in [-0.4, -0.2) is 28.7 Å². The molecule has 0 bridgehead atoms. The molecular weight excluding hydrogens is 751 g/mol. The molecule has 0 aliphatic rings. The fraction of sp³-hybridized carbons (Fsp3) is 0. The van der Waals surface area contributed by atoms with Crippen molar-refractivity contribution < 1.29 is 0 Å². The van der Waals surface area contributed by atoms with Gasteiger partial charge in [-0.2, -0.15) is 0 Å². The number of para-hydroxylation sites is 9. The van der Waals surface area contributed by atoms with Crippen LogP contribution in [0.25, 0.3) is 84.3 Å². The van der Waals surface area contributed by atoms with Crippen LogP contribution in [0.4, 0.5) is 0 Å². The molecular formula is C45H29IN6. The van der Waals surface area contributed by atoms with Crippen LogP contribution in [0, 0.1) is 3.57 Å². The van der Waals surface area contributed by atoms with Crippen LogP contribution in [0.15, 0.2) is 176 Å². The van der Waals surface area contributed by atoms with Crippen LogP contribution in [0.2, 0.25) is 0 Å². The quantitative estimate of drug-likeness (QED) is 0.158. The third kappa shape index (κ3) is 4.88. The first-order valence-corrected chi connectivity index (χ1v) is 18.2. The molecule has 0 saturated heterocycles. The summed E-state index contributed by atoms with van der Waals surface area (Å²) in [6.45, 7) is 0. The van der Waals surface area contributed by atoms with Crippen LogP contribution in [0.3, 0.4) is 0 Å². The Labute approximate surface area is 313 Å². The summed E-state index contributed by atoms with van der Waals surface area (Å²) in [5.74, 6) is 2.48. The molecule has 10 aromatic rings. The number of rotatable bonds is 6. The predicted molar refractivity (Wildman–Crippen MR) is 219 cm³/mol. The summed E-state index contributed by atoms with van der Waals surface area (Å²) in [6.07, 6.45) is 0. The topological polar surface area (TPSA) is 53.5 Å². The Balaban J connectivity index is 1.40. The largest absolute Gasteiger partial charge is 0.292 e. The fourth-order valence-electron chi connectivity index (χ4n) is 7.32. The molecule has 0 saturated carbocycles. The van der Waals surface area contributed by atoms with Gasteiger partial charge in [-0.15, -0.1) is 0 Å². The lowest BCUT2D eigenvalue weighted by molar-refractivity contribution is 1.07. The molecule has 7 aromatic carbocycles. The van der Waals surface area contributed by atoms with E-state index in [1.807, 2.05) is 24.3 Å². The van der Waals surface area contributed by atoms with E-state index in [1.54, 1.807) is 0 Å². The maximum absolute atomic E-state index is 5.47. The number of hydrogen-bond donors (Lipinski definition) is 0. The summed E-state index contributed by atoms with van der Waals surface area (Å²) in [5, 5.41) is 0. The van der Waals surface area contributed by atoms with E-state index >= 15 is 0 Å². The summed E-state index contributed by atoms with van der Waals surface area (Å²) in [4.78, 5) is 16.3. The Morgan fingerprint density at radius 1 is 0.327 bits per heavy atom. The monoisotopic (exact) mass is 780 g/mol. The van der Waals surface area contributed by atoms with Gasteiger partial charge in [0.1, 0.15) is 17.5 Å². The second-order valence-electron chi connectivity index (χ2n) is 12.6. The molecule has 0 unspecified atom stereocenters. The van der Waals surface area contributed by atoms with Crippen molar-refractivity contribution in [3.8, 4) is 51.2 Å². The normalized spacial score (nSPS) is 11.6. The Hall–Kier alpha value is -6.32. The van der Waals surface area contributed by atoms with Crippen molar-refractivity contribution >= 4 is 55.7 Å². The van der Waals surface area contributed by atoms with Gasteiger partial charge in [0, 0.05) is 37.3 Å². The number of hydrogen-bond acceptors (Lipinski definition) is 3. The van der Waals surface area contributed by atoms with Gasteiger partial charge in [0.2, 0.25) is 0 Å². The number of aromatic nitrogens is 6. The zero-order valence-electron chi connectivity index (χ0n) is 27.8. The second-order valence-corrected chi connectivity index (χ2v) is 13.8. The summed E-state index contributed by atoms with van der Waals surface area (Å²) < 4.78 is 7.87. The molecule has 3 aromatic heterocycles. The molecule has 246 valence electrons. The lowest BCUT2D eigenvalue weighted by Gasteiger charge is -2.20. The van der Waals surface area contributed by atoms with Gasteiger partial charge in [0.25, 0.3) is 0 Å². The molecule has 3 heterocycles. The highest BCUT2D eigenvalue weighted by atomic mass is 127. The first kappa shape index (κ1) is 30.5. The Morgan fingerprint density at radius 2 is 0.673 bits per heavy atom. The van der Waals surface area contributed by atoms with Crippen LogP contribution in [0.5, 0.6) is 0 Å². The number of halogens is 1. The molecule has 10 rings (SSSR count). The zero-order valence-corrected chi connectivity index (χ0v) is 30.0. The summed E-state index contributed by atoms with van der Waals surface area (Å²) >= 11 is 2.47. The van der Waals surface area contributed by atoms with Gasteiger partial charge in [0.05, 0.1) is 33.1 Å². The van der Waals surface area contributed by atoms with Gasteiger partial charge in [0.15, 0.2) is 0 Å². The molecule has 6 nitrogen and oxygen atoms in total. The van der Waals surface area contributed by atoms with Crippen molar-refractivity contribution in [3.05, 3.63) is 179 Å². The van der Waals surface area contributed by atoms with Crippen molar-refractivity contribution in [1.82, 2.24) is 28.7 Å². The maximum atomic E-state index is 5.47.